The zero-order chi connectivity index (χ0) is 14.6. The van der Waals surface area contributed by atoms with Crippen molar-refractivity contribution in [1.29, 1.82) is 0 Å². The molecule has 1 aromatic heterocycles. The molecule has 0 aliphatic carbocycles. The molecule has 5 nitrogen and oxygen atoms in total. The monoisotopic (exact) mass is 278 g/mol. The van der Waals surface area contributed by atoms with Crippen molar-refractivity contribution in [3.8, 4) is 5.88 Å². The summed E-state index contributed by atoms with van der Waals surface area (Å²) >= 11 is 0. The third-order valence-electron chi connectivity index (χ3n) is 2.51. The van der Waals surface area contributed by atoms with E-state index in [4.69, 9.17) is 5.73 Å². The molecule has 0 atom stereocenters. The van der Waals surface area contributed by atoms with Crippen molar-refractivity contribution in [1.82, 2.24) is 4.98 Å². The summed E-state index contributed by atoms with van der Waals surface area (Å²) < 4.78 is 44.8. The fourth-order valence-corrected chi connectivity index (χ4v) is 1.51. The molecule has 0 fully saturated rings. The van der Waals surface area contributed by atoms with Gasteiger partial charge in [-0.15, -0.1) is 13.2 Å². The van der Waals surface area contributed by atoms with Crippen molar-refractivity contribution in [3.63, 3.8) is 0 Å². The Labute approximate surface area is 107 Å². The van der Waals surface area contributed by atoms with Crippen LogP contribution in [-0.4, -0.2) is 24.4 Å². The lowest BCUT2D eigenvalue weighted by atomic mass is 10.0. The molecule has 0 aliphatic heterocycles. The van der Waals surface area contributed by atoms with Gasteiger partial charge in [-0.2, -0.15) is 0 Å². The lowest BCUT2D eigenvalue weighted by molar-refractivity contribution is -0.276. The normalized spacial score (nSPS) is 11.3. The van der Waals surface area contributed by atoms with E-state index in [1.165, 1.54) is 7.11 Å². The number of esters is 1. The predicted molar refractivity (Wildman–Crippen MR) is 59.3 cm³/mol. The fraction of sp³-hybridized carbons (Fsp3) is 0.455. The van der Waals surface area contributed by atoms with Gasteiger partial charge in [-0.05, 0) is 18.1 Å². The van der Waals surface area contributed by atoms with Crippen LogP contribution in [0.2, 0.25) is 0 Å². The number of nitrogens with zero attached hydrogens (tertiary/aromatic N) is 1. The van der Waals surface area contributed by atoms with Crippen LogP contribution >= 0.6 is 0 Å². The average molecular weight is 278 g/mol. The summed E-state index contributed by atoms with van der Waals surface area (Å²) in [7, 11) is 1.22. The van der Waals surface area contributed by atoms with E-state index < -0.39 is 18.2 Å². The number of aromatic nitrogens is 1. The van der Waals surface area contributed by atoms with Crippen LogP contribution in [0.1, 0.15) is 16.7 Å². The van der Waals surface area contributed by atoms with Crippen LogP contribution in [0.25, 0.3) is 0 Å². The number of hydrogen-bond acceptors (Lipinski definition) is 5. The maximum absolute atomic E-state index is 12.2. The van der Waals surface area contributed by atoms with Crippen molar-refractivity contribution >= 4 is 5.97 Å². The van der Waals surface area contributed by atoms with Gasteiger partial charge in [0.15, 0.2) is 0 Å². The topological polar surface area (TPSA) is 74.4 Å². The second kappa shape index (κ2) is 5.87. The maximum Gasteiger partial charge on any atom is 0.574 e. The van der Waals surface area contributed by atoms with Crippen LogP contribution in [0.5, 0.6) is 5.88 Å². The number of ether oxygens (including phenoxy) is 2. The Morgan fingerprint density at radius 2 is 2.11 bits per heavy atom. The van der Waals surface area contributed by atoms with Crippen molar-refractivity contribution in [2.24, 2.45) is 5.73 Å². The van der Waals surface area contributed by atoms with Crippen LogP contribution in [-0.2, 0) is 22.5 Å². The minimum atomic E-state index is -4.84. The molecule has 0 saturated heterocycles. The van der Waals surface area contributed by atoms with Gasteiger partial charge in [0.2, 0.25) is 5.88 Å². The summed E-state index contributed by atoms with van der Waals surface area (Å²) in [6.07, 6.45) is -3.78. The van der Waals surface area contributed by atoms with Crippen molar-refractivity contribution in [3.05, 3.63) is 22.9 Å². The molecule has 0 aliphatic rings. The van der Waals surface area contributed by atoms with Gasteiger partial charge in [-0.3, -0.25) is 4.79 Å². The Morgan fingerprint density at radius 3 is 2.58 bits per heavy atom. The highest BCUT2D eigenvalue weighted by molar-refractivity contribution is 5.73. The summed E-state index contributed by atoms with van der Waals surface area (Å²) in [6, 6.07) is 0. The highest BCUT2D eigenvalue weighted by atomic mass is 19.4. The molecule has 0 aromatic carbocycles. The third-order valence-corrected chi connectivity index (χ3v) is 2.51. The molecule has 2 N–H and O–H groups in total. The Bertz CT molecular complexity index is 475. The molecular formula is C11H13F3N2O3. The van der Waals surface area contributed by atoms with Gasteiger partial charge in [0, 0.05) is 18.3 Å². The lowest BCUT2D eigenvalue weighted by Gasteiger charge is -2.15. The predicted octanol–water partition coefficient (Wildman–Crippen LogP) is 1.46. The van der Waals surface area contributed by atoms with Crippen LogP contribution in [0.15, 0.2) is 6.20 Å². The van der Waals surface area contributed by atoms with Gasteiger partial charge < -0.3 is 15.2 Å². The summed E-state index contributed by atoms with van der Waals surface area (Å²) in [4.78, 5) is 14.7. The van der Waals surface area contributed by atoms with E-state index in [1.807, 2.05) is 0 Å². The molecule has 19 heavy (non-hydrogen) atoms. The van der Waals surface area contributed by atoms with Crippen molar-refractivity contribution in [2.75, 3.05) is 7.11 Å². The largest absolute Gasteiger partial charge is 0.574 e. The second-order valence-corrected chi connectivity index (χ2v) is 3.70. The van der Waals surface area contributed by atoms with Gasteiger partial charge in [0.1, 0.15) is 0 Å². The molecule has 0 spiro atoms. The first kappa shape index (κ1) is 15.2. The van der Waals surface area contributed by atoms with Gasteiger partial charge in [0.05, 0.1) is 13.5 Å². The second-order valence-electron chi connectivity index (χ2n) is 3.70. The van der Waals surface area contributed by atoms with Crippen LogP contribution in [0, 0.1) is 6.92 Å². The van der Waals surface area contributed by atoms with E-state index in [-0.39, 0.29) is 18.5 Å². The van der Waals surface area contributed by atoms with Gasteiger partial charge in [-0.25, -0.2) is 4.98 Å². The molecule has 0 bridgehead atoms. The number of rotatable bonds is 4. The van der Waals surface area contributed by atoms with E-state index in [1.54, 1.807) is 6.92 Å². The van der Waals surface area contributed by atoms with E-state index in [0.717, 1.165) is 6.20 Å². The SMILES string of the molecule is COC(=O)Cc1cnc(OC(F)(F)F)c(CN)c1C. The average Bonchev–Trinajstić information content (AvgIpc) is 2.31. The molecule has 8 heteroatoms. The molecule has 1 heterocycles. The van der Waals surface area contributed by atoms with Crippen LogP contribution in [0.4, 0.5) is 13.2 Å². The summed E-state index contributed by atoms with van der Waals surface area (Å²) in [5.41, 5.74) is 6.39. The van der Waals surface area contributed by atoms with Gasteiger partial charge in [-0.1, -0.05) is 0 Å². The Morgan fingerprint density at radius 1 is 1.47 bits per heavy atom. The highest BCUT2D eigenvalue weighted by Gasteiger charge is 2.33. The maximum atomic E-state index is 12.2. The highest BCUT2D eigenvalue weighted by Crippen LogP contribution is 2.27. The number of alkyl halides is 3. The molecule has 1 rings (SSSR count). The number of methoxy groups -OCH3 is 1. The van der Waals surface area contributed by atoms with Crippen molar-refractivity contribution in [2.45, 2.75) is 26.3 Å². The zero-order valence-corrected chi connectivity index (χ0v) is 10.4. The minimum Gasteiger partial charge on any atom is -0.469 e. The smallest absolute Gasteiger partial charge is 0.469 e. The quantitative estimate of drug-likeness (QED) is 0.844. The summed E-state index contributed by atoms with van der Waals surface area (Å²) in [5, 5.41) is 0. The number of carbonyl (C=O) groups excluding carboxylic acids is 1. The molecule has 0 unspecified atom stereocenters. The number of nitrogens with two attached hydrogens (primary N) is 1. The number of carbonyl (C=O) groups is 1. The van der Waals surface area contributed by atoms with E-state index in [2.05, 4.69) is 14.5 Å². The first-order chi connectivity index (χ1) is 8.78. The van der Waals surface area contributed by atoms with E-state index in [9.17, 15) is 18.0 Å². The fourth-order valence-electron chi connectivity index (χ4n) is 1.51. The molecule has 106 valence electrons. The van der Waals surface area contributed by atoms with Crippen LogP contribution < -0.4 is 10.5 Å². The van der Waals surface area contributed by atoms with Gasteiger partial charge in [0.25, 0.3) is 0 Å². The number of halogens is 3. The Kier molecular flexibility index (Phi) is 4.71. The molecule has 0 amide bonds. The summed E-state index contributed by atoms with van der Waals surface area (Å²) in [6.45, 7) is 1.37. The van der Waals surface area contributed by atoms with E-state index in [0.29, 0.717) is 11.1 Å². The van der Waals surface area contributed by atoms with Gasteiger partial charge >= 0.3 is 12.3 Å². The van der Waals surface area contributed by atoms with Crippen molar-refractivity contribution < 1.29 is 27.4 Å². The minimum absolute atomic E-state index is 0.0887. The number of pyridine rings is 1. The van der Waals surface area contributed by atoms with E-state index >= 15 is 0 Å². The van der Waals surface area contributed by atoms with Crippen LogP contribution in [0.3, 0.4) is 0 Å². The molecular weight excluding hydrogens is 265 g/mol. The summed E-state index contributed by atoms with van der Waals surface area (Å²) in [5.74, 6) is -1.11. The number of hydrogen-bond donors (Lipinski definition) is 1. The lowest BCUT2D eigenvalue weighted by Crippen LogP contribution is -2.21. The molecule has 1 aromatic rings. The Hall–Kier alpha value is -1.83. The zero-order valence-electron chi connectivity index (χ0n) is 10.4. The Balaban J connectivity index is 3.12. The standard InChI is InChI=1S/C11H13F3N2O3/c1-6-7(3-9(17)18-2)5-16-10(8(6)4-15)19-11(12,13)14/h5H,3-4,15H2,1-2H3. The first-order valence-electron chi connectivity index (χ1n) is 5.28. The molecule has 0 radical (unpaired) electrons. The first-order valence-corrected chi connectivity index (χ1v) is 5.28. The molecule has 0 saturated carbocycles. The third kappa shape index (κ3) is 4.09.